The minimum atomic E-state index is -1.46. The zero-order valence-corrected chi connectivity index (χ0v) is 20.6. The number of amides is 1. The molecule has 37 heavy (non-hydrogen) atoms. The summed E-state index contributed by atoms with van der Waals surface area (Å²) in [5.41, 5.74) is 0.375. The molecule has 9 heteroatoms. The van der Waals surface area contributed by atoms with E-state index in [-0.39, 0.29) is 18.9 Å². The van der Waals surface area contributed by atoms with Gasteiger partial charge in [-0.25, -0.2) is 4.39 Å². The Bertz CT molecular complexity index is 1320. The summed E-state index contributed by atoms with van der Waals surface area (Å²) in [6.07, 6.45) is 1.24. The van der Waals surface area contributed by atoms with E-state index in [2.05, 4.69) is 15.5 Å². The molecule has 0 saturated heterocycles. The van der Waals surface area contributed by atoms with Crippen LogP contribution in [0.15, 0.2) is 72.0 Å². The van der Waals surface area contributed by atoms with Crippen molar-refractivity contribution in [2.24, 2.45) is 11.1 Å². The Kier molecular flexibility index (Phi) is 7.91. The topological polar surface area (TPSA) is 107 Å². The van der Waals surface area contributed by atoms with Gasteiger partial charge < -0.3 is 14.9 Å². The summed E-state index contributed by atoms with van der Waals surface area (Å²) in [5.74, 6) is -2.70. The summed E-state index contributed by atoms with van der Waals surface area (Å²) in [6.45, 7) is 2.23. The van der Waals surface area contributed by atoms with E-state index < -0.39 is 42.4 Å². The third kappa shape index (κ3) is 5.66. The second kappa shape index (κ2) is 11.3. The smallest absolute Gasteiger partial charge is 0.308 e. The molecule has 3 aromatic rings. The van der Waals surface area contributed by atoms with Crippen molar-refractivity contribution in [3.8, 4) is 0 Å². The van der Waals surface area contributed by atoms with Gasteiger partial charge in [0.15, 0.2) is 5.78 Å². The number of rotatable bonds is 10. The van der Waals surface area contributed by atoms with Gasteiger partial charge in [-0.2, -0.15) is 0 Å². The number of pyridine rings is 1. The molecule has 0 radical (unpaired) electrons. The minimum absolute atomic E-state index is 0.00156. The van der Waals surface area contributed by atoms with E-state index in [0.717, 1.165) is 16.3 Å². The van der Waals surface area contributed by atoms with Crippen molar-refractivity contribution in [3.05, 3.63) is 78.1 Å². The fourth-order valence-corrected chi connectivity index (χ4v) is 4.20. The van der Waals surface area contributed by atoms with Gasteiger partial charge in [0.2, 0.25) is 5.60 Å². The molecule has 192 valence electrons. The Balaban J connectivity index is 1.48. The van der Waals surface area contributed by atoms with E-state index in [0.29, 0.717) is 11.4 Å². The number of carbonyl (C=O) groups is 3. The number of hydrogen-bond acceptors (Lipinski definition) is 7. The second-order valence-electron chi connectivity index (χ2n) is 9.21. The number of hydrogen-bond donors (Lipinski definition) is 1. The van der Waals surface area contributed by atoms with Crippen LogP contribution >= 0.6 is 0 Å². The highest BCUT2D eigenvalue weighted by Crippen LogP contribution is 2.35. The molecule has 0 saturated carbocycles. The number of oxime groups is 1. The second-order valence-corrected chi connectivity index (χ2v) is 9.21. The molecule has 0 spiro atoms. The van der Waals surface area contributed by atoms with Gasteiger partial charge in [-0.1, -0.05) is 73.6 Å². The number of halogens is 1. The number of Topliss-reactive ketones (excluding diaryl/α,β-unsaturated/α-hetero) is 1. The first-order valence-corrected chi connectivity index (χ1v) is 12.0. The highest BCUT2D eigenvalue weighted by Gasteiger charge is 2.51. The zero-order chi connectivity index (χ0) is 26.4. The summed E-state index contributed by atoms with van der Waals surface area (Å²) in [7, 11) is 0. The normalized spacial score (nSPS) is 17.7. The predicted octanol–water partition coefficient (Wildman–Crippen LogP) is 3.91. The van der Waals surface area contributed by atoms with Gasteiger partial charge >= 0.3 is 5.97 Å². The summed E-state index contributed by atoms with van der Waals surface area (Å²) in [5, 5.41) is 8.54. The Hall–Kier alpha value is -4.14. The average Bonchev–Trinajstić information content (AvgIpc) is 3.38. The van der Waals surface area contributed by atoms with Crippen LogP contribution in [-0.4, -0.2) is 46.7 Å². The van der Waals surface area contributed by atoms with Crippen molar-refractivity contribution in [3.63, 3.8) is 0 Å². The number of nitrogens with zero attached hydrogens (tertiary/aromatic N) is 2. The maximum Gasteiger partial charge on any atom is 0.308 e. The summed E-state index contributed by atoms with van der Waals surface area (Å²) in [6, 6.07) is 17.1. The number of benzene rings is 2. The largest absolute Gasteiger partial charge is 0.461 e. The van der Waals surface area contributed by atoms with Crippen molar-refractivity contribution in [1.29, 1.82) is 0 Å². The summed E-state index contributed by atoms with van der Waals surface area (Å²) in [4.78, 5) is 48.4. The molecule has 4 rings (SSSR count). The highest BCUT2D eigenvalue weighted by molar-refractivity contribution is 6.12. The van der Waals surface area contributed by atoms with Gasteiger partial charge in [-0.05, 0) is 17.0 Å². The SMILES string of the molecule is CC(C)C1(C(=O)N[C@@H](CC(=O)OCc2ccccc2)C(=O)CF)CC(c2nccc3ccccc23)=NO1. The molecule has 2 atom stereocenters. The van der Waals surface area contributed by atoms with E-state index in [1.54, 1.807) is 44.3 Å². The molecule has 0 aliphatic carbocycles. The van der Waals surface area contributed by atoms with Crippen molar-refractivity contribution < 1.29 is 28.3 Å². The van der Waals surface area contributed by atoms with Crippen LogP contribution in [-0.2, 0) is 30.6 Å². The maximum absolute atomic E-state index is 13.5. The molecule has 1 N–H and O–H groups in total. The number of alkyl halides is 1. The van der Waals surface area contributed by atoms with Crippen LogP contribution in [0.1, 0.15) is 37.9 Å². The number of ketones is 1. The first-order chi connectivity index (χ1) is 17.8. The van der Waals surface area contributed by atoms with E-state index in [1.807, 2.05) is 36.4 Å². The molecule has 1 unspecified atom stereocenters. The van der Waals surface area contributed by atoms with Gasteiger partial charge in [0.25, 0.3) is 5.91 Å². The van der Waals surface area contributed by atoms with E-state index >= 15 is 0 Å². The maximum atomic E-state index is 13.5. The first kappa shape index (κ1) is 25.9. The van der Waals surface area contributed by atoms with Crippen LogP contribution in [0, 0.1) is 5.92 Å². The lowest BCUT2D eigenvalue weighted by Crippen LogP contribution is -2.55. The molecule has 1 amide bonds. The molecule has 1 aliphatic heterocycles. The lowest BCUT2D eigenvalue weighted by Gasteiger charge is -2.30. The van der Waals surface area contributed by atoms with Crippen molar-refractivity contribution >= 4 is 34.1 Å². The lowest BCUT2D eigenvalue weighted by atomic mass is 9.83. The molecule has 2 aromatic carbocycles. The quantitative estimate of drug-likeness (QED) is 0.419. The number of aromatic nitrogens is 1. The molecule has 2 heterocycles. The number of nitrogens with one attached hydrogen (secondary N) is 1. The summed E-state index contributed by atoms with van der Waals surface area (Å²) < 4.78 is 18.6. The molecule has 1 aliphatic rings. The molecule has 8 nitrogen and oxygen atoms in total. The monoisotopic (exact) mass is 505 g/mol. The lowest BCUT2D eigenvalue weighted by molar-refractivity contribution is -0.153. The number of esters is 1. The fourth-order valence-electron chi connectivity index (χ4n) is 4.20. The molecular formula is C28H28FN3O5. The zero-order valence-electron chi connectivity index (χ0n) is 20.6. The predicted molar refractivity (Wildman–Crippen MR) is 135 cm³/mol. The Morgan fingerprint density at radius 3 is 2.54 bits per heavy atom. The number of ether oxygens (including phenoxy) is 1. The Morgan fingerprint density at radius 2 is 1.81 bits per heavy atom. The third-order valence-corrected chi connectivity index (χ3v) is 6.45. The van der Waals surface area contributed by atoms with Crippen LogP contribution < -0.4 is 5.32 Å². The molecule has 1 aromatic heterocycles. The first-order valence-electron chi connectivity index (χ1n) is 12.0. The van der Waals surface area contributed by atoms with Crippen LogP contribution in [0.5, 0.6) is 0 Å². The van der Waals surface area contributed by atoms with Gasteiger partial charge in [0.1, 0.15) is 25.0 Å². The Morgan fingerprint density at radius 1 is 1.08 bits per heavy atom. The van der Waals surface area contributed by atoms with E-state index in [4.69, 9.17) is 9.57 Å². The fraction of sp³-hybridized carbons (Fsp3) is 0.321. The van der Waals surface area contributed by atoms with Gasteiger partial charge in [-0.15, -0.1) is 0 Å². The van der Waals surface area contributed by atoms with Crippen molar-refractivity contribution in [2.75, 3.05) is 6.67 Å². The van der Waals surface area contributed by atoms with Crippen molar-refractivity contribution in [2.45, 2.75) is 44.9 Å². The van der Waals surface area contributed by atoms with Gasteiger partial charge in [-0.3, -0.25) is 19.4 Å². The van der Waals surface area contributed by atoms with Crippen LogP contribution in [0.2, 0.25) is 0 Å². The molecular weight excluding hydrogens is 477 g/mol. The van der Waals surface area contributed by atoms with E-state index in [1.165, 1.54) is 0 Å². The standard InChI is InChI=1S/C28H28FN3O5/c1-18(2)28(15-23(32-37-28)26-21-11-7-6-10-20(21)12-13-30-26)27(35)31-22(24(33)16-29)14-25(34)36-17-19-8-4-3-5-9-19/h3-13,18,22H,14-17H2,1-2H3,(H,31,35)/t22-,28?/m0/s1. The summed E-state index contributed by atoms with van der Waals surface area (Å²) >= 11 is 0. The highest BCUT2D eigenvalue weighted by atomic mass is 19.1. The van der Waals surface area contributed by atoms with Crippen LogP contribution in [0.3, 0.4) is 0 Å². The minimum Gasteiger partial charge on any atom is -0.461 e. The number of fused-ring (bicyclic) bond motifs is 1. The van der Waals surface area contributed by atoms with Gasteiger partial charge in [0, 0.05) is 23.9 Å². The molecule has 0 bridgehead atoms. The number of carbonyl (C=O) groups excluding carboxylic acids is 3. The van der Waals surface area contributed by atoms with Gasteiger partial charge in [0.05, 0.1) is 12.1 Å². The van der Waals surface area contributed by atoms with Crippen LogP contribution in [0.25, 0.3) is 10.8 Å². The van der Waals surface area contributed by atoms with Crippen LogP contribution in [0.4, 0.5) is 4.39 Å². The van der Waals surface area contributed by atoms with E-state index in [9.17, 15) is 18.8 Å². The third-order valence-electron chi connectivity index (χ3n) is 6.45. The Labute approximate surface area is 213 Å². The molecule has 0 fully saturated rings. The van der Waals surface area contributed by atoms with Crippen molar-refractivity contribution in [1.82, 2.24) is 10.3 Å². The average molecular weight is 506 g/mol.